The van der Waals surface area contributed by atoms with Crippen LogP contribution in [-0.2, 0) is 11.3 Å². The summed E-state index contributed by atoms with van der Waals surface area (Å²) in [5.74, 6) is 2.15. The molecule has 1 N–H and O–H groups in total. The molecule has 0 bridgehead atoms. The van der Waals surface area contributed by atoms with Crippen molar-refractivity contribution >= 4 is 5.91 Å². The highest BCUT2D eigenvalue weighted by Crippen LogP contribution is 2.32. The predicted molar refractivity (Wildman–Crippen MR) is 86.7 cm³/mol. The van der Waals surface area contributed by atoms with Gasteiger partial charge in [-0.3, -0.25) is 4.79 Å². The van der Waals surface area contributed by atoms with Crippen LogP contribution in [0.3, 0.4) is 0 Å². The molecule has 1 amide bonds. The molecule has 1 heterocycles. The molecular weight excluding hydrogens is 276 g/mol. The van der Waals surface area contributed by atoms with Gasteiger partial charge in [0.05, 0.1) is 7.11 Å². The Morgan fingerprint density at radius 1 is 1.32 bits per heavy atom. The molecule has 1 saturated carbocycles. The molecule has 120 valence electrons. The first kappa shape index (κ1) is 15.3. The molecule has 1 saturated heterocycles. The Morgan fingerprint density at radius 2 is 2.09 bits per heavy atom. The maximum absolute atomic E-state index is 12.2. The van der Waals surface area contributed by atoms with Crippen LogP contribution in [0.4, 0.5) is 0 Å². The number of para-hydroxylation sites is 1. The van der Waals surface area contributed by atoms with Gasteiger partial charge in [-0.1, -0.05) is 25.1 Å². The first-order chi connectivity index (χ1) is 10.7. The average Bonchev–Trinajstić information content (AvgIpc) is 3.38. The van der Waals surface area contributed by atoms with Crippen LogP contribution in [0.25, 0.3) is 0 Å². The highest BCUT2D eigenvalue weighted by molar-refractivity contribution is 5.81. The van der Waals surface area contributed by atoms with Gasteiger partial charge in [-0.2, -0.15) is 0 Å². The molecule has 1 aromatic carbocycles. The van der Waals surface area contributed by atoms with Crippen molar-refractivity contribution in [1.29, 1.82) is 0 Å². The third-order valence-corrected chi connectivity index (χ3v) is 4.89. The van der Waals surface area contributed by atoms with Crippen LogP contribution in [-0.4, -0.2) is 37.0 Å². The second-order valence-corrected chi connectivity index (χ2v) is 6.62. The van der Waals surface area contributed by atoms with Crippen molar-refractivity contribution in [3.8, 4) is 5.75 Å². The Balaban J connectivity index is 1.52. The standard InChI is InChI=1S/C18H26N2O2/c1-13-12-20(18(21)14-7-8-14)10-9-16(13)19-11-15-5-3-4-6-17(15)22-2/h3-6,13-14,16,19H,7-12H2,1-2H3/t13-,16+/m0/s1. The normalized spacial score (nSPS) is 25.1. The van der Waals surface area contributed by atoms with E-state index in [-0.39, 0.29) is 0 Å². The molecule has 2 aliphatic rings. The van der Waals surface area contributed by atoms with E-state index in [2.05, 4.69) is 23.2 Å². The van der Waals surface area contributed by atoms with E-state index in [1.165, 1.54) is 5.56 Å². The number of carbonyl (C=O) groups is 1. The fourth-order valence-corrected chi connectivity index (χ4v) is 3.33. The number of benzene rings is 1. The van der Waals surface area contributed by atoms with E-state index in [0.717, 1.165) is 44.6 Å². The third-order valence-electron chi connectivity index (χ3n) is 4.89. The predicted octanol–water partition coefficient (Wildman–Crippen LogP) is 2.43. The molecule has 4 nitrogen and oxygen atoms in total. The van der Waals surface area contributed by atoms with Gasteiger partial charge in [-0.05, 0) is 31.2 Å². The molecule has 1 aliphatic carbocycles. The Bertz CT molecular complexity index is 528. The summed E-state index contributed by atoms with van der Waals surface area (Å²) in [6.07, 6.45) is 3.23. The lowest BCUT2D eigenvalue weighted by Gasteiger charge is -2.37. The van der Waals surface area contributed by atoms with E-state index >= 15 is 0 Å². The van der Waals surface area contributed by atoms with Crippen molar-refractivity contribution in [2.75, 3.05) is 20.2 Å². The molecule has 2 fully saturated rings. The number of nitrogens with zero attached hydrogens (tertiary/aromatic N) is 1. The summed E-state index contributed by atoms with van der Waals surface area (Å²) < 4.78 is 5.40. The van der Waals surface area contributed by atoms with Crippen molar-refractivity contribution in [2.24, 2.45) is 11.8 Å². The fourth-order valence-electron chi connectivity index (χ4n) is 3.33. The number of ether oxygens (including phenoxy) is 1. The number of carbonyl (C=O) groups excluding carboxylic acids is 1. The van der Waals surface area contributed by atoms with Crippen molar-refractivity contribution < 1.29 is 9.53 Å². The highest BCUT2D eigenvalue weighted by atomic mass is 16.5. The molecule has 3 rings (SSSR count). The molecule has 1 aliphatic heterocycles. The Hall–Kier alpha value is -1.55. The molecule has 0 aromatic heterocycles. The summed E-state index contributed by atoms with van der Waals surface area (Å²) in [5, 5.41) is 3.65. The van der Waals surface area contributed by atoms with Crippen molar-refractivity contribution in [3.05, 3.63) is 29.8 Å². The van der Waals surface area contributed by atoms with Crippen LogP contribution >= 0.6 is 0 Å². The van der Waals surface area contributed by atoms with Crippen LogP contribution in [0, 0.1) is 11.8 Å². The summed E-state index contributed by atoms with van der Waals surface area (Å²) in [6.45, 7) is 4.84. The largest absolute Gasteiger partial charge is 0.496 e. The Kier molecular flexibility index (Phi) is 4.67. The van der Waals surface area contributed by atoms with Gasteiger partial charge >= 0.3 is 0 Å². The SMILES string of the molecule is COc1ccccc1CN[C@@H]1CCN(C(=O)C2CC2)C[C@@H]1C. The minimum absolute atomic E-state index is 0.338. The number of methoxy groups -OCH3 is 1. The maximum Gasteiger partial charge on any atom is 0.225 e. The minimum atomic E-state index is 0.338. The molecular formula is C18H26N2O2. The summed E-state index contributed by atoms with van der Waals surface area (Å²) in [4.78, 5) is 14.2. The van der Waals surface area contributed by atoms with Crippen molar-refractivity contribution in [3.63, 3.8) is 0 Å². The van der Waals surface area contributed by atoms with E-state index in [1.54, 1.807) is 7.11 Å². The van der Waals surface area contributed by atoms with E-state index in [1.807, 2.05) is 18.2 Å². The fraction of sp³-hybridized carbons (Fsp3) is 0.611. The Morgan fingerprint density at radius 3 is 2.77 bits per heavy atom. The van der Waals surface area contributed by atoms with Gasteiger partial charge in [-0.25, -0.2) is 0 Å². The zero-order valence-electron chi connectivity index (χ0n) is 13.5. The van der Waals surface area contributed by atoms with E-state index in [0.29, 0.717) is 23.8 Å². The second kappa shape index (κ2) is 6.69. The van der Waals surface area contributed by atoms with E-state index in [4.69, 9.17) is 4.74 Å². The minimum Gasteiger partial charge on any atom is -0.496 e. The second-order valence-electron chi connectivity index (χ2n) is 6.62. The summed E-state index contributed by atoms with van der Waals surface area (Å²) in [7, 11) is 1.71. The number of amides is 1. The molecule has 22 heavy (non-hydrogen) atoms. The summed E-state index contributed by atoms with van der Waals surface area (Å²) in [5.41, 5.74) is 1.19. The first-order valence-corrected chi connectivity index (χ1v) is 8.33. The zero-order chi connectivity index (χ0) is 15.5. The van der Waals surface area contributed by atoms with Crippen molar-refractivity contribution in [1.82, 2.24) is 10.2 Å². The van der Waals surface area contributed by atoms with Crippen LogP contribution in [0.2, 0.25) is 0 Å². The molecule has 0 spiro atoms. The molecule has 1 aromatic rings. The van der Waals surface area contributed by atoms with Gasteiger partial charge in [-0.15, -0.1) is 0 Å². The smallest absolute Gasteiger partial charge is 0.225 e. The third kappa shape index (κ3) is 3.43. The van der Waals surface area contributed by atoms with Gasteiger partial charge in [0.1, 0.15) is 5.75 Å². The monoisotopic (exact) mass is 302 g/mol. The molecule has 2 atom stereocenters. The number of likely N-dealkylation sites (tertiary alicyclic amines) is 1. The van der Waals surface area contributed by atoms with Gasteiger partial charge in [0, 0.05) is 37.2 Å². The number of hydrogen-bond acceptors (Lipinski definition) is 3. The van der Waals surface area contributed by atoms with Crippen LogP contribution < -0.4 is 10.1 Å². The van der Waals surface area contributed by atoms with Crippen molar-refractivity contribution in [2.45, 2.75) is 38.8 Å². The lowest BCUT2D eigenvalue weighted by atomic mass is 9.93. The quantitative estimate of drug-likeness (QED) is 0.908. The van der Waals surface area contributed by atoms with Gasteiger partial charge < -0.3 is 15.0 Å². The number of piperidine rings is 1. The molecule has 0 radical (unpaired) electrons. The topological polar surface area (TPSA) is 41.6 Å². The first-order valence-electron chi connectivity index (χ1n) is 8.33. The van der Waals surface area contributed by atoms with E-state index in [9.17, 15) is 4.79 Å². The lowest BCUT2D eigenvalue weighted by Crippen LogP contribution is -2.50. The van der Waals surface area contributed by atoms with Crippen LogP contribution in [0.1, 0.15) is 31.7 Å². The summed E-state index contributed by atoms with van der Waals surface area (Å²) >= 11 is 0. The lowest BCUT2D eigenvalue weighted by molar-refractivity contribution is -0.134. The van der Waals surface area contributed by atoms with Gasteiger partial charge in [0.2, 0.25) is 5.91 Å². The summed E-state index contributed by atoms with van der Waals surface area (Å²) in [6, 6.07) is 8.60. The van der Waals surface area contributed by atoms with Gasteiger partial charge in [0.25, 0.3) is 0 Å². The highest BCUT2D eigenvalue weighted by Gasteiger charge is 2.36. The zero-order valence-corrected chi connectivity index (χ0v) is 13.5. The van der Waals surface area contributed by atoms with Gasteiger partial charge in [0.15, 0.2) is 0 Å². The average molecular weight is 302 g/mol. The van der Waals surface area contributed by atoms with Crippen LogP contribution in [0.15, 0.2) is 24.3 Å². The molecule has 4 heteroatoms. The maximum atomic E-state index is 12.2. The Labute approximate surface area is 132 Å². The number of rotatable bonds is 5. The van der Waals surface area contributed by atoms with Crippen LogP contribution in [0.5, 0.6) is 5.75 Å². The number of nitrogens with one attached hydrogen (secondary N) is 1. The molecule has 0 unspecified atom stereocenters. The van der Waals surface area contributed by atoms with E-state index < -0.39 is 0 Å². The number of hydrogen-bond donors (Lipinski definition) is 1.